The third kappa shape index (κ3) is 3.14. The molecule has 0 saturated heterocycles. The van der Waals surface area contributed by atoms with Crippen molar-refractivity contribution in [2.24, 2.45) is 0 Å². The number of nitrogen functional groups attached to an aromatic ring is 1. The molecule has 0 saturated carbocycles. The van der Waals surface area contributed by atoms with E-state index in [-0.39, 0.29) is 0 Å². The molecule has 0 bridgehead atoms. The molecule has 0 aliphatic carbocycles. The summed E-state index contributed by atoms with van der Waals surface area (Å²) in [6, 6.07) is 22.4. The third-order valence-corrected chi connectivity index (χ3v) is 3.87. The van der Waals surface area contributed by atoms with Crippen molar-refractivity contribution in [3.05, 3.63) is 72.3 Å². The number of nitrogens with two attached hydrogens (primary N) is 1. The quantitative estimate of drug-likeness (QED) is 0.473. The molecule has 1 heterocycles. The Morgan fingerprint density at radius 3 is 2.35 bits per heavy atom. The lowest BCUT2D eigenvalue weighted by molar-refractivity contribution is 0.483. The number of hydrogen-bond donors (Lipinski definition) is 3. The molecule has 0 aliphatic rings. The minimum atomic E-state index is 0.541. The normalized spacial score (nSPS) is 10.4. The van der Waals surface area contributed by atoms with Gasteiger partial charge in [0, 0.05) is 11.4 Å². The number of H-pyrrole nitrogens is 1. The van der Waals surface area contributed by atoms with Crippen molar-refractivity contribution in [3.63, 3.8) is 0 Å². The lowest BCUT2D eigenvalue weighted by atomic mass is 10.2. The van der Waals surface area contributed by atoms with Crippen molar-refractivity contribution in [2.45, 2.75) is 0 Å². The van der Waals surface area contributed by atoms with Crippen molar-refractivity contribution in [1.29, 1.82) is 5.26 Å². The van der Waals surface area contributed by atoms with E-state index >= 15 is 0 Å². The van der Waals surface area contributed by atoms with Crippen molar-refractivity contribution >= 4 is 28.4 Å². The van der Waals surface area contributed by atoms with Crippen LogP contribution in [-0.2, 0) is 0 Å². The van der Waals surface area contributed by atoms with Gasteiger partial charge in [0.15, 0.2) is 0 Å². The molecule has 126 valence electrons. The predicted molar refractivity (Wildman–Crippen MR) is 101 cm³/mol. The number of aromatic nitrogens is 2. The molecule has 26 heavy (non-hydrogen) atoms. The minimum Gasteiger partial charge on any atom is -0.457 e. The zero-order valence-corrected chi connectivity index (χ0v) is 13.7. The van der Waals surface area contributed by atoms with Gasteiger partial charge >= 0.3 is 0 Å². The van der Waals surface area contributed by atoms with Gasteiger partial charge in [-0.3, -0.25) is 0 Å². The smallest absolute Gasteiger partial charge is 0.205 e. The zero-order chi connectivity index (χ0) is 17.9. The van der Waals surface area contributed by atoms with E-state index in [1.807, 2.05) is 48.5 Å². The molecule has 0 radical (unpaired) electrons. The molecule has 1 aromatic heterocycles. The molecule has 4 N–H and O–H groups in total. The number of rotatable bonds is 4. The Hall–Kier alpha value is -3.98. The molecule has 0 atom stereocenters. The van der Waals surface area contributed by atoms with Crippen LogP contribution in [0.25, 0.3) is 11.0 Å². The number of benzene rings is 3. The van der Waals surface area contributed by atoms with E-state index in [0.717, 1.165) is 22.7 Å². The molecule has 3 aromatic carbocycles. The van der Waals surface area contributed by atoms with Gasteiger partial charge in [0.1, 0.15) is 23.1 Å². The fraction of sp³-hybridized carbons (Fsp3) is 0. The van der Waals surface area contributed by atoms with Crippen molar-refractivity contribution < 1.29 is 4.74 Å². The fourth-order valence-corrected chi connectivity index (χ4v) is 2.60. The summed E-state index contributed by atoms with van der Waals surface area (Å²) in [4.78, 5) is 7.61. The highest BCUT2D eigenvalue weighted by molar-refractivity contribution is 5.83. The Labute approximate surface area is 149 Å². The summed E-state index contributed by atoms with van der Waals surface area (Å²) >= 11 is 0. The predicted octanol–water partition coefficient (Wildman–Crippen LogP) is 4.55. The highest BCUT2D eigenvalue weighted by atomic mass is 16.5. The van der Waals surface area contributed by atoms with Gasteiger partial charge in [0.05, 0.1) is 11.1 Å². The SMILES string of the molecule is N#Cc1cccc2[nH]c(Nc3ccc(Oc4ccc(N)cc4)cc3)nc12. The highest BCUT2D eigenvalue weighted by Crippen LogP contribution is 2.25. The van der Waals surface area contributed by atoms with Crippen LogP contribution >= 0.6 is 0 Å². The van der Waals surface area contributed by atoms with Crippen LogP contribution in [0.2, 0.25) is 0 Å². The average molecular weight is 341 g/mol. The van der Waals surface area contributed by atoms with Gasteiger partial charge in [-0.2, -0.15) is 5.26 Å². The topological polar surface area (TPSA) is 99.8 Å². The summed E-state index contributed by atoms with van der Waals surface area (Å²) in [5.41, 5.74) is 9.23. The van der Waals surface area contributed by atoms with Crippen molar-refractivity contribution in [2.75, 3.05) is 11.1 Å². The van der Waals surface area contributed by atoms with Crippen LogP contribution < -0.4 is 15.8 Å². The first kappa shape index (κ1) is 15.5. The standard InChI is InChI=1S/C20H15N5O/c21-12-13-2-1-3-18-19(13)25-20(24-18)23-15-6-10-17(11-7-15)26-16-8-4-14(22)5-9-16/h1-11H,22H2,(H2,23,24,25). The monoisotopic (exact) mass is 341 g/mol. The van der Waals surface area contributed by atoms with Gasteiger partial charge in [-0.15, -0.1) is 0 Å². The highest BCUT2D eigenvalue weighted by Gasteiger charge is 2.07. The molecule has 4 rings (SSSR count). The molecule has 0 fully saturated rings. The van der Waals surface area contributed by atoms with E-state index < -0.39 is 0 Å². The molecule has 6 nitrogen and oxygen atoms in total. The van der Waals surface area contributed by atoms with E-state index in [1.54, 1.807) is 18.2 Å². The summed E-state index contributed by atoms with van der Waals surface area (Å²) in [7, 11) is 0. The van der Waals surface area contributed by atoms with Gasteiger partial charge < -0.3 is 20.8 Å². The molecule has 0 spiro atoms. The molecule has 0 amide bonds. The molecule has 0 aliphatic heterocycles. The van der Waals surface area contributed by atoms with Crippen LogP contribution in [0.3, 0.4) is 0 Å². The number of anilines is 3. The Balaban J connectivity index is 1.51. The second-order valence-corrected chi connectivity index (χ2v) is 5.72. The van der Waals surface area contributed by atoms with Crippen molar-refractivity contribution in [1.82, 2.24) is 9.97 Å². The van der Waals surface area contributed by atoms with E-state index in [2.05, 4.69) is 21.4 Å². The van der Waals surface area contributed by atoms with E-state index in [0.29, 0.717) is 22.7 Å². The minimum absolute atomic E-state index is 0.541. The maximum absolute atomic E-state index is 9.16. The average Bonchev–Trinajstić information content (AvgIpc) is 3.07. The second-order valence-electron chi connectivity index (χ2n) is 5.72. The van der Waals surface area contributed by atoms with Crippen LogP contribution in [-0.4, -0.2) is 9.97 Å². The number of imidazole rings is 1. The van der Waals surface area contributed by atoms with Crippen LogP contribution in [0.4, 0.5) is 17.3 Å². The molecule has 4 aromatic rings. The van der Waals surface area contributed by atoms with Crippen LogP contribution in [0.15, 0.2) is 66.7 Å². The van der Waals surface area contributed by atoms with Crippen LogP contribution in [0.5, 0.6) is 11.5 Å². The first-order chi connectivity index (χ1) is 12.7. The van der Waals surface area contributed by atoms with Gasteiger partial charge in [-0.05, 0) is 60.7 Å². The molecular formula is C20H15N5O. The largest absolute Gasteiger partial charge is 0.457 e. The summed E-state index contributed by atoms with van der Waals surface area (Å²) in [5, 5.41) is 12.4. The second kappa shape index (κ2) is 6.49. The Morgan fingerprint density at radius 1 is 0.962 bits per heavy atom. The summed E-state index contributed by atoms with van der Waals surface area (Å²) < 4.78 is 5.77. The van der Waals surface area contributed by atoms with Gasteiger partial charge in [0.25, 0.3) is 0 Å². The number of para-hydroxylation sites is 1. The number of nitrogens with zero attached hydrogens (tertiary/aromatic N) is 2. The summed E-state index contributed by atoms with van der Waals surface area (Å²) in [5.74, 6) is 2.02. The number of hydrogen-bond acceptors (Lipinski definition) is 5. The Kier molecular flexibility index (Phi) is 3.88. The number of ether oxygens (including phenoxy) is 1. The van der Waals surface area contributed by atoms with E-state index in [9.17, 15) is 0 Å². The zero-order valence-electron chi connectivity index (χ0n) is 13.7. The Bertz CT molecular complexity index is 1090. The number of nitrogens with one attached hydrogen (secondary N) is 2. The van der Waals surface area contributed by atoms with Crippen LogP contribution in [0.1, 0.15) is 5.56 Å². The lowest BCUT2D eigenvalue weighted by Gasteiger charge is -2.07. The molecular weight excluding hydrogens is 326 g/mol. The third-order valence-electron chi connectivity index (χ3n) is 3.87. The Morgan fingerprint density at radius 2 is 1.65 bits per heavy atom. The van der Waals surface area contributed by atoms with Gasteiger partial charge in [0.2, 0.25) is 5.95 Å². The lowest BCUT2D eigenvalue weighted by Crippen LogP contribution is -1.92. The van der Waals surface area contributed by atoms with E-state index in [1.165, 1.54) is 0 Å². The number of aromatic amines is 1. The van der Waals surface area contributed by atoms with Gasteiger partial charge in [-0.25, -0.2) is 4.98 Å². The number of fused-ring (bicyclic) bond motifs is 1. The summed E-state index contributed by atoms with van der Waals surface area (Å²) in [6.07, 6.45) is 0. The van der Waals surface area contributed by atoms with Gasteiger partial charge in [-0.1, -0.05) is 6.07 Å². The summed E-state index contributed by atoms with van der Waals surface area (Å²) in [6.45, 7) is 0. The fourth-order valence-electron chi connectivity index (χ4n) is 2.60. The molecule has 6 heteroatoms. The first-order valence-electron chi connectivity index (χ1n) is 8.00. The first-order valence-corrected chi connectivity index (χ1v) is 8.00. The maximum atomic E-state index is 9.16. The number of nitriles is 1. The van der Waals surface area contributed by atoms with Crippen LogP contribution in [0, 0.1) is 11.3 Å². The van der Waals surface area contributed by atoms with E-state index in [4.69, 9.17) is 15.7 Å². The molecule has 0 unspecified atom stereocenters. The van der Waals surface area contributed by atoms with Crippen molar-refractivity contribution in [3.8, 4) is 17.6 Å². The maximum Gasteiger partial charge on any atom is 0.205 e.